The van der Waals surface area contributed by atoms with Crippen molar-refractivity contribution < 1.29 is 14.7 Å². The van der Waals surface area contributed by atoms with Gasteiger partial charge in [-0.25, -0.2) is 0 Å². The molecular weight excluding hydrogens is 256 g/mol. The number of rotatable bonds is 4. The van der Waals surface area contributed by atoms with Crippen LogP contribution in [0.1, 0.15) is 51.4 Å². The predicted octanol–water partition coefficient (Wildman–Crippen LogP) is 0.809. The van der Waals surface area contributed by atoms with Gasteiger partial charge in [-0.2, -0.15) is 0 Å². The molecule has 20 heavy (non-hydrogen) atoms. The van der Waals surface area contributed by atoms with Crippen LogP contribution in [0.4, 0.5) is 0 Å². The number of carbonyl (C=O) groups excluding carboxylic acids is 2. The van der Waals surface area contributed by atoms with E-state index in [1.54, 1.807) is 4.90 Å². The van der Waals surface area contributed by atoms with E-state index in [0.717, 1.165) is 51.4 Å². The van der Waals surface area contributed by atoms with E-state index in [9.17, 15) is 14.7 Å². The van der Waals surface area contributed by atoms with E-state index >= 15 is 0 Å². The van der Waals surface area contributed by atoms with E-state index in [1.165, 1.54) is 0 Å². The van der Waals surface area contributed by atoms with Crippen LogP contribution < -0.4 is 5.32 Å². The lowest BCUT2D eigenvalue weighted by Crippen LogP contribution is -2.50. The molecule has 1 atom stereocenters. The lowest BCUT2D eigenvalue weighted by Gasteiger charge is -2.27. The van der Waals surface area contributed by atoms with Crippen LogP contribution in [0, 0.1) is 5.92 Å². The topological polar surface area (TPSA) is 69.6 Å². The van der Waals surface area contributed by atoms with Crippen molar-refractivity contribution in [3.63, 3.8) is 0 Å². The number of likely N-dealkylation sites (tertiary alicyclic amines) is 1. The van der Waals surface area contributed by atoms with E-state index in [1.807, 2.05) is 0 Å². The number of nitrogens with one attached hydrogen (secondary N) is 1. The number of carbonyl (C=O) groups is 2. The fourth-order valence-electron chi connectivity index (χ4n) is 3.45. The van der Waals surface area contributed by atoms with Crippen LogP contribution in [0.5, 0.6) is 0 Å². The Bertz CT molecular complexity index is 400. The van der Waals surface area contributed by atoms with Crippen LogP contribution in [0.3, 0.4) is 0 Å². The van der Waals surface area contributed by atoms with Crippen molar-refractivity contribution in [2.75, 3.05) is 13.1 Å². The molecule has 1 saturated heterocycles. The number of hydrogen-bond acceptors (Lipinski definition) is 3. The maximum atomic E-state index is 12.3. The van der Waals surface area contributed by atoms with E-state index in [2.05, 4.69) is 5.32 Å². The zero-order valence-electron chi connectivity index (χ0n) is 11.9. The molecule has 1 heterocycles. The summed E-state index contributed by atoms with van der Waals surface area (Å²) >= 11 is 0. The first-order valence-electron chi connectivity index (χ1n) is 7.90. The highest BCUT2D eigenvalue weighted by molar-refractivity contribution is 5.90. The summed E-state index contributed by atoms with van der Waals surface area (Å²) in [7, 11) is 0. The Balaban J connectivity index is 1.54. The molecule has 1 aliphatic heterocycles. The van der Waals surface area contributed by atoms with Crippen LogP contribution in [0.15, 0.2) is 0 Å². The third-order valence-corrected chi connectivity index (χ3v) is 4.89. The minimum atomic E-state index is -0.723. The standard InChI is InChI=1S/C15H24N2O3/c18-13(16-10-15(20)7-1-2-8-15)12-4-3-9-17(12)14(19)11-5-6-11/h11-12,20H,1-10H2,(H,16,18). The molecule has 2 N–H and O–H groups in total. The van der Waals surface area contributed by atoms with Crippen LogP contribution in [0.25, 0.3) is 0 Å². The van der Waals surface area contributed by atoms with E-state index in [0.29, 0.717) is 13.1 Å². The fourth-order valence-corrected chi connectivity index (χ4v) is 3.45. The Morgan fingerprint density at radius 2 is 1.85 bits per heavy atom. The van der Waals surface area contributed by atoms with E-state index in [-0.39, 0.29) is 23.8 Å². The predicted molar refractivity (Wildman–Crippen MR) is 73.9 cm³/mol. The lowest BCUT2D eigenvalue weighted by molar-refractivity contribution is -0.139. The average Bonchev–Trinajstić information content (AvgIpc) is 3.01. The lowest BCUT2D eigenvalue weighted by atomic mass is 10.0. The number of nitrogens with zero attached hydrogens (tertiary/aromatic N) is 1. The molecule has 5 nitrogen and oxygen atoms in total. The van der Waals surface area contributed by atoms with Gasteiger partial charge in [0, 0.05) is 19.0 Å². The molecule has 112 valence electrons. The first kappa shape index (κ1) is 13.9. The summed E-state index contributed by atoms with van der Waals surface area (Å²) < 4.78 is 0. The first-order chi connectivity index (χ1) is 9.59. The molecule has 2 saturated carbocycles. The van der Waals surface area contributed by atoms with Crippen molar-refractivity contribution >= 4 is 11.8 Å². The molecule has 3 aliphatic rings. The average molecular weight is 280 g/mol. The second-order valence-corrected chi connectivity index (χ2v) is 6.61. The zero-order valence-corrected chi connectivity index (χ0v) is 11.9. The Morgan fingerprint density at radius 3 is 2.50 bits per heavy atom. The van der Waals surface area contributed by atoms with Crippen LogP contribution in [-0.2, 0) is 9.59 Å². The molecule has 3 rings (SSSR count). The summed E-state index contributed by atoms with van der Waals surface area (Å²) in [6, 6.07) is -0.312. The smallest absolute Gasteiger partial charge is 0.242 e. The highest BCUT2D eigenvalue weighted by Gasteiger charge is 2.41. The van der Waals surface area contributed by atoms with Gasteiger partial charge in [0.05, 0.1) is 5.60 Å². The molecule has 0 radical (unpaired) electrons. The molecule has 3 fully saturated rings. The maximum absolute atomic E-state index is 12.3. The monoisotopic (exact) mass is 280 g/mol. The minimum absolute atomic E-state index is 0.0863. The molecule has 2 aliphatic carbocycles. The molecule has 0 bridgehead atoms. The minimum Gasteiger partial charge on any atom is -0.388 e. The largest absolute Gasteiger partial charge is 0.388 e. The molecule has 0 aromatic rings. The third-order valence-electron chi connectivity index (χ3n) is 4.89. The molecule has 5 heteroatoms. The number of amides is 2. The van der Waals surface area contributed by atoms with Gasteiger partial charge in [-0.05, 0) is 38.5 Å². The SMILES string of the molecule is O=C(NCC1(O)CCCC1)C1CCCN1C(=O)C1CC1. The van der Waals surface area contributed by atoms with Gasteiger partial charge in [0.15, 0.2) is 0 Å². The van der Waals surface area contributed by atoms with Gasteiger partial charge in [-0.1, -0.05) is 12.8 Å². The molecule has 1 unspecified atom stereocenters. The van der Waals surface area contributed by atoms with Crippen molar-refractivity contribution in [2.24, 2.45) is 5.92 Å². The number of aliphatic hydroxyl groups is 1. The summed E-state index contributed by atoms with van der Waals surface area (Å²) in [4.78, 5) is 26.2. The Morgan fingerprint density at radius 1 is 1.15 bits per heavy atom. The molecule has 0 aromatic carbocycles. The molecular formula is C15H24N2O3. The van der Waals surface area contributed by atoms with Gasteiger partial charge in [0.25, 0.3) is 0 Å². The van der Waals surface area contributed by atoms with Gasteiger partial charge in [0.2, 0.25) is 11.8 Å². The second kappa shape index (κ2) is 5.35. The summed E-state index contributed by atoms with van der Waals surface area (Å²) in [5.41, 5.74) is -0.723. The van der Waals surface area contributed by atoms with Crippen molar-refractivity contribution in [2.45, 2.75) is 63.0 Å². The van der Waals surface area contributed by atoms with Crippen molar-refractivity contribution in [3.05, 3.63) is 0 Å². The summed E-state index contributed by atoms with van der Waals surface area (Å²) in [6.45, 7) is 1.03. The Hall–Kier alpha value is -1.10. The van der Waals surface area contributed by atoms with Crippen LogP contribution >= 0.6 is 0 Å². The molecule has 0 spiro atoms. The van der Waals surface area contributed by atoms with Crippen molar-refractivity contribution in [1.82, 2.24) is 10.2 Å². The van der Waals surface area contributed by atoms with Gasteiger partial charge in [0.1, 0.15) is 6.04 Å². The summed E-state index contributed by atoms with van der Waals surface area (Å²) in [5, 5.41) is 13.1. The highest BCUT2D eigenvalue weighted by Crippen LogP contribution is 2.34. The summed E-state index contributed by atoms with van der Waals surface area (Å²) in [5.74, 6) is 0.237. The molecule has 0 aromatic heterocycles. The van der Waals surface area contributed by atoms with Gasteiger partial charge in [-0.3, -0.25) is 9.59 Å². The van der Waals surface area contributed by atoms with Crippen molar-refractivity contribution in [1.29, 1.82) is 0 Å². The number of hydrogen-bond donors (Lipinski definition) is 2. The van der Waals surface area contributed by atoms with Gasteiger partial charge < -0.3 is 15.3 Å². The van der Waals surface area contributed by atoms with Gasteiger partial charge >= 0.3 is 0 Å². The normalized spacial score (nSPS) is 28.6. The Labute approximate surface area is 119 Å². The van der Waals surface area contributed by atoms with Gasteiger partial charge in [-0.15, -0.1) is 0 Å². The van der Waals surface area contributed by atoms with Crippen LogP contribution in [-0.4, -0.2) is 46.6 Å². The zero-order chi connectivity index (χ0) is 14.2. The van der Waals surface area contributed by atoms with Crippen molar-refractivity contribution in [3.8, 4) is 0 Å². The maximum Gasteiger partial charge on any atom is 0.242 e. The van der Waals surface area contributed by atoms with Crippen LogP contribution in [0.2, 0.25) is 0 Å². The highest BCUT2D eigenvalue weighted by atomic mass is 16.3. The Kier molecular flexibility index (Phi) is 3.71. The fraction of sp³-hybridized carbons (Fsp3) is 0.867. The molecule has 2 amide bonds. The van der Waals surface area contributed by atoms with E-state index in [4.69, 9.17) is 0 Å². The first-order valence-corrected chi connectivity index (χ1v) is 7.90. The second-order valence-electron chi connectivity index (χ2n) is 6.61. The van der Waals surface area contributed by atoms with E-state index < -0.39 is 5.60 Å². The summed E-state index contributed by atoms with van der Waals surface area (Å²) in [6.07, 6.45) is 7.20. The third kappa shape index (κ3) is 2.82. The quantitative estimate of drug-likeness (QED) is 0.800.